The number of allylic oxidation sites excluding steroid dienone is 2. The maximum absolute atomic E-state index is 11.2. The highest BCUT2D eigenvalue weighted by molar-refractivity contribution is 5.90. The lowest BCUT2D eigenvalue weighted by molar-refractivity contribution is -0.114. The number of methoxy groups -OCH3 is 1. The Hall–Kier alpha value is -2.03. The van der Waals surface area contributed by atoms with Crippen LogP contribution in [0.3, 0.4) is 0 Å². The van der Waals surface area contributed by atoms with Gasteiger partial charge in [0.1, 0.15) is 5.75 Å². The first-order chi connectivity index (χ1) is 8.63. The molecule has 0 aliphatic rings. The van der Waals surface area contributed by atoms with Gasteiger partial charge in [-0.15, -0.1) is 13.2 Å². The average molecular weight is 245 g/mol. The van der Waals surface area contributed by atoms with E-state index in [0.29, 0.717) is 12.8 Å². The van der Waals surface area contributed by atoms with E-state index in [-0.39, 0.29) is 5.91 Å². The van der Waals surface area contributed by atoms with Crippen molar-refractivity contribution in [1.82, 2.24) is 0 Å². The molecule has 0 saturated carbocycles. The Labute approximate surface area is 108 Å². The summed E-state index contributed by atoms with van der Waals surface area (Å²) in [7, 11) is 1.64. The third kappa shape index (κ3) is 3.23. The molecule has 1 aromatic carbocycles. The minimum absolute atomic E-state index is 0.0879. The molecule has 0 aliphatic heterocycles. The number of amides is 1. The van der Waals surface area contributed by atoms with Gasteiger partial charge in [0.15, 0.2) is 0 Å². The van der Waals surface area contributed by atoms with Gasteiger partial charge in [-0.3, -0.25) is 4.79 Å². The Bertz CT molecular complexity index is 464. The van der Waals surface area contributed by atoms with Crippen molar-refractivity contribution in [3.8, 4) is 5.75 Å². The van der Waals surface area contributed by atoms with Gasteiger partial charge in [0.2, 0.25) is 5.91 Å². The quantitative estimate of drug-likeness (QED) is 0.782. The van der Waals surface area contributed by atoms with Crippen molar-refractivity contribution in [2.75, 3.05) is 12.4 Å². The Morgan fingerprint density at radius 3 is 2.39 bits per heavy atom. The Morgan fingerprint density at radius 1 is 1.28 bits per heavy atom. The zero-order chi connectivity index (χ0) is 13.5. The first-order valence-electron chi connectivity index (χ1n) is 5.82. The SMILES string of the molecule is C=CCc1c(NC(C)=O)ccc(OC)c1CC=C. The topological polar surface area (TPSA) is 38.3 Å². The van der Waals surface area contributed by atoms with E-state index in [4.69, 9.17) is 4.74 Å². The number of rotatable bonds is 6. The van der Waals surface area contributed by atoms with E-state index in [2.05, 4.69) is 18.5 Å². The Balaban J connectivity index is 3.34. The van der Waals surface area contributed by atoms with Crippen molar-refractivity contribution in [2.45, 2.75) is 19.8 Å². The standard InChI is InChI=1S/C15H19NO2/c1-5-7-12-13(8-6-2)15(18-4)10-9-14(12)16-11(3)17/h5-6,9-10H,1-2,7-8H2,3-4H3,(H,16,17). The Kier molecular flexibility index (Phi) is 5.18. The van der Waals surface area contributed by atoms with Crippen molar-refractivity contribution < 1.29 is 9.53 Å². The van der Waals surface area contributed by atoms with Crippen LogP contribution < -0.4 is 10.1 Å². The third-order valence-corrected chi connectivity index (χ3v) is 2.62. The Morgan fingerprint density at radius 2 is 1.89 bits per heavy atom. The van der Waals surface area contributed by atoms with Crippen LogP contribution in [0.4, 0.5) is 5.69 Å². The molecule has 1 N–H and O–H groups in total. The molecule has 0 radical (unpaired) electrons. The van der Waals surface area contributed by atoms with Gasteiger partial charge < -0.3 is 10.1 Å². The molecule has 0 saturated heterocycles. The molecular weight excluding hydrogens is 226 g/mol. The predicted octanol–water partition coefficient (Wildman–Crippen LogP) is 3.11. The summed E-state index contributed by atoms with van der Waals surface area (Å²) >= 11 is 0. The van der Waals surface area contributed by atoms with Crippen molar-refractivity contribution in [3.05, 3.63) is 48.6 Å². The average Bonchev–Trinajstić information content (AvgIpc) is 2.33. The number of ether oxygens (including phenoxy) is 1. The number of nitrogens with one attached hydrogen (secondary N) is 1. The lowest BCUT2D eigenvalue weighted by Crippen LogP contribution is -2.10. The van der Waals surface area contributed by atoms with E-state index in [1.54, 1.807) is 7.11 Å². The molecule has 1 aromatic rings. The first kappa shape index (κ1) is 14.0. The highest BCUT2D eigenvalue weighted by atomic mass is 16.5. The molecule has 0 aromatic heterocycles. The van der Waals surface area contributed by atoms with Crippen LogP contribution in [0.15, 0.2) is 37.4 Å². The van der Waals surface area contributed by atoms with Gasteiger partial charge in [0.05, 0.1) is 7.11 Å². The van der Waals surface area contributed by atoms with Crippen LogP contribution in [0.1, 0.15) is 18.1 Å². The van der Waals surface area contributed by atoms with Crippen molar-refractivity contribution >= 4 is 11.6 Å². The minimum Gasteiger partial charge on any atom is -0.496 e. The number of benzene rings is 1. The van der Waals surface area contributed by atoms with Crippen LogP contribution in [-0.4, -0.2) is 13.0 Å². The summed E-state index contributed by atoms with van der Waals surface area (Å²) in [5, 5.41) is 2.83. The molecule has 0 fully saturated rings. The summed E-state index contributed by atoms with van der Waals surface area (Å²) in [6.07, 6.45) is 5.00. The molecule has 0 bridgehead atoms. The number of anilines is 1. The second-order valence-electron chi connectivity index (χ2n) is 3.94. The maximum Gasteiger partial charge on any atom is 0.221 e. The van der Waals surface area contributed by atoms with Crippen LogP contribution in [0.5, 0.6) is 5.75 Å². The second kappa shape index (κ2) is 6.64. The summed E-state index contributed by atoms with van der Waals surface area (Å²) in [6, 6.07) is 3.71. The van der Waals surface area contributed by atoms with Crippen LogP contribution in [-0.2, 0) is 17.6 Å². The smallest absolute Gasteiger partial charge is 0.221 e. The summed E-state index contributed by atoms with van der Waals surface area (Å²) in [5.41, 5.74) is 2.87. The van der Waals surface area contributed by atoms with Gasteiger partial charge in [-0.2, -0.15) is 0 Å². The van der Waals surface area contributed by atoms with Gasteiger partial charge in [0.25, 0.3) is 0 Å². The lowest BCUT2D eigenvalue weighted by Gasteiger charge is -2.16. The normalized spacial score (nSPS) is 9.67. The molecule has 3 nitrogen and oxygen atoms in total. The maximum atomic E-state index is 11.2. The van der Waals surface area contributed by atoms with E-state index in [1.165, 1.54) is 6.92 Å². The molecule has 1 amide bonds. The van der Waals surface area contributed by atoms with E-state index in [1.807, 2.05) is 24.3 Å². The van der Waals surface area contributed by atoms with Gasteiger partial charge in [-0.05, 0) is 30.5 Å². The number of hydrogen-bond acceptors (Lipinski definition) is 2. The van der Waals surface area contributed by atoms with Crippen molar-refractivity contribution in [2.24, 2.45) is 0 Å². The van der Waals surface area contributed by atoms with Crippen molar-refractivity contribution in [1.29, 1.82) is 0 Å². The molecule has 3 heteroatoms. The van der Waals surface area contributed by atoms with E-state index >= 15 is 0 Å². The van der Waals surface area contributed by atoms with Gasteiger partial charge in [0, 0.05) is 18.2 Å². The number of carbonyl (C=O) groups excluding carboxylic acids is 1. The zero-order valence-corrected chi connectivity index (χ0v) is 11.0. The molecule has 1 rings (SSSR count). The molecule has 96 valence electrons. The zero-order valence-electron chi connectivity index (χ0n) is 11.0. The fourth-order valence-corrected chi connectivity index (χ4v) is 1.92. The lowest BCUT2D eigenvalue weighted by atomic mass is 9.98. The van der Waals surface area contributed by atoms with Gasteiger partial charge in [-0.25, -0.2) is 0 Å². The monoisotopic (exact) mass is 245 g/mol. The van der Waals surface area contributed by atoms with E-state index in [0.717, 1.165) is 22.6 Å². The fourth-order valence-electron chi connectivity index (χ4n) is 1.92. The minimum atomic E-state index is -0.0879. The molecule has 0 atom stereocenters. The second-order valence-corrected chi connectivity index (χ2v) is 3.94. The number of carbonyl (C=O) groups is 1. The van der Waals surface area contributed by atoms with Gasteiger partial charge in [-0.1, -0.05) is 12.2 Å². The van der Waals surface area contributed by atoms with Crippen LogP contribution in [0, 0.1) is 0 Å². The predicted molar refractivity (Wildman–Crippen MR) is 75.1 cm³/mol. The summed E-state index contributed by atoms with van der Waals surface area (Å²) in [5.74, 6) is 0.718. The summed E-state index contributed by atoms with van der Waals surface area (Å²) < 4.78 is 5.35. The molecule has 0 unspecified atom stereocenters. The third-order valence-electron chi connectivity index (χ3n) is 2.62. The highest BCUT2D eigenvalue weighted by Crippen LogP contribution is 2.30. The largest absolute Gasteiger partial charge is 0.496 e. The fraction of sp³-hybridized carbons (Fsp3) is 0.267. The highest BCUT2D eigenvalue weighted by Gasteiger charge is 2.12. The van der Waals surface area contributed by atoms with E-state index < -0.39 is 0 Å². The van der Waals surface area contributed by atoms with Crippen LogP contribution >= 0.6 is 0 Å². The molecule has 0 spiro atoms. The molecule has 0 heterocycles. The number of hydrogen-bond donors (Lipinski definition) is 1. The van der Waals surface area contributed by atoms with Crippen LogP contribution in [0.25, 0.3) is 0 Å². The van der Waals surface area contributed by atoms with Crippen molar-refractivity contribution in [3.63, 3.8) is 0 Å². The van der Waals surface area contributed by atoms with E-state index in [9.17, 15) is 4.79 Å². The molecule has 18 heavy (non-hydrogen) atoms. The summed E-state index contributed by atoms with van der Waals surface area (Å²) in [4.78, 5) is 11.2. The molecule has 0 aliphatic carbocycles. The molecular formula is C15H19NO2. The summed E-state index contributed by atoms with van der Waals surface area (Å²) in [6.45, 7) is 9.00. The van der Waals surface area contributed by atoms with Gasteiger partial charge >= 0.3 is 0 Å². The van der Waals surface area contributed by atoms with Crippen LogP contribution in [0.2, 0.25) is 0 Å². The first-order valence-corrected chi connectivity index (χ1v) is 5.82.